The van der Waals surface area contributed by atoms with Gasteiger partial charge in [-0.2, -0.15) is 0 Å². The lowest BCUT2D eigenvalue weighted by atomic mass is 10.2. The number of phenolic OH excluding ortho intramolecular Hbond substituents is 1. The number of aromatic hydroxyl groups is 1. The van der Waals surface area contributed by atoms with E-state index < -0.39 is 0 Å². The monoisotopic (exact) mass is 288 g/mol. The van der Waals surface area contributed by atoms with Gasteiger partial charge in [0.15, 0.2) is 0 Å². The average molecular weight is 289 g/mol. The summed E-state index contributed by atoms with van der Waals surface area (Å²) >= 11 is 7.57. The smallest absolute Gasteiger partial charge is 0.148 e. The van der Waals surface area contributed by atoms with Gasteiger partial charge in [-0.05, 0) is 13.0 Å². The average Bonchev–Trinajstić information content (AvgIpc) is 2.80. The molecule has 3 atom stereocenters. The summed E-state index contributed by atoms with van der Waals surface area (Å²) in [5.41, 5.74) is 0.432. The predicted octanol–water partition coefficient (Wildman–Crippen LogP) is 2.42. The first-order chi connectivity index (χ1) is 8.54. The van der Waals surface area contributed by atoms with Crippen molar-refractivity contribution in [1.29, 1.82) is 0 Å². The van der Waals surface area contributed by atoms with Crippen LogP contribution in [0.1, 0.15) is 6.92 Å². The van der Waals surface area contributed by atoms with Crippen molar-refractivity contribution >= 4 is 29.1 Å². The first-order valence-corrected chi connectivity index (χ1v) is 7.21. The zero-order valence-electron chi connectivity index (χ0n) is 9.86. The Labute approximate surface area is 114 Å². The van der Waals surface area contributed by atoms with Gasteiger partial charge in [-0.3, -0.25) is 5.32 Å². The molecule has 2 saturated heterocycles. The normalized spacial score (nSPS) is 30.8. The Bertz CT molecular complexity index is 473. The fourth-order valence-corrected chi connectivity index (χ4v) is 4.19. The zero-order chi connectivity index (χ0) is 12.9. The molecule has 0 amide bonds. The van der Waals surface area contributed by atoms with Crippen LogP contribution in [0.3, 0.4) is 0 Å². The summed E-state index contributed by atoms with van der Waals surface area (Å²) in [4.78, 5) is 1.96. The standard InChI is InChI=1S/C12H14ClFN2OS/c1-6-15-9-4-16(5-12(9)18-6)10-3-11(17)7(13)2-8(10)14/h2-3,6,9,12,15,17H,4-5H2,1H3. The number of thioether (sulfide) groups is 1. The predicted molar refractivity (Wildman–Crippen MR) is 73.1 cm³/mol. The molecule has 6 heteroatoms. The minimum absolute atomic E-state index is 0.0526. The number of benzene rings is 1. The van der Waals surface area contributed by atoms with E-state index in [0.29, 0.717) is 22.4 Å². The minimum Gasteiger partial charge on any atom is -0.506 e. The molecule has 0 saturated carbocycles. The number of anilines is 1. The van der Waals surface area contributed by atoms with Gasteiger partial charge in [0.25, 0.3) is 0 Å². The molecule has 0 aliphatic carbocycles. The molecule has 2 N–H and O–H groups in total. The second-order valence-corrected chi connectivity index (χ2v) is 6.74. The van der Waals surface area contributed by atoms with Crippen LogP contribution in [0.25, 0.3) is 0 Å². The van der Waals surface area contributed by atoms with Crippen LogP contribution >= 0.6 is 23.4 Å². The molecule has 2 aliphatic heterocycles. The zero-order valence-corrected chi connectivity index (χ0v) is 11.4. The van der Waals surface area contributed by atoms with Crippen molar-refractivity contribution in [2.45, 2.75) is 23.6 Å². The number of nitrogens with zero attached hydrogens (tertiary/aromatic N) is 1. The molecule has 3 rings (SSSR count). The lowest BCUT2D eigenvalue weighted by Crippen LogP contribution is -2.34. The summed E-state index contributed by atoms with van der Waals surface area (Å²) in [5, 5.41) is 14.1. The number of hydrogen-bond donors (Lipinski definition) is 2. The highest BCUT2D eigenvalue weighted by atomic mass is 35.5. The first-order valence-electron chi connectivity index (χ1n) is 5.89. The SMILES string of the molecule is CC1NC2CN(c3cc(O)c(Cl)cc3F)CC2S1. The van der Waals surface area contributed by atoms with Crippen LogP contribution in [-0.2, 0) is 0 Å². The van der Waals surface area contributed by atoms with E-state index in [2.05, 4.69) is 12.2 Å². The fourth-order valence-electron chi connectivity index (χ4n) is 2.64. The summed E-state index contributed by atoms with van der Waals surface area (Å²) in [6.07, 6.45) is 0. The summed E-state index contributed by atoms with van der Waals surface area (Å²) in [7, 11) is 0. The molecular formula is C12H14ClFN2OS. The second-order valence-electron chi connectivity index (χ2n) is 4.75. The largest absolute Gasteiger partial charge is 0.506 e. The maximum absolute atomic E-state index is 13.9. The van der Waals surface area contributed by atoms with E-state index >= 15 is 0 Å². The molecule has 3 unspecified atom stereocenters. The summed E-state index contributed by atoms with van der Waals surface area (Å²) in [6.45, 7) is 3.70. The van der Waals surface area contributed by atoms with Crippen molar-refractivity contribution in [3.8, 4) is 5.75 Å². The molecule has 0 radical (unpaired) electrons. The maximum Gasteiger partial charge on any atom is 0.148 e. The van der Waals surface area contributed by atoms with Crippen molar-refractivity contribution in [3.63, 3.8) is 0 Å². The number of hydrogen-bond acceptors (Lipinski definition) is 4. The van der Waals surface area contributed by atoms with Crippen molar-refractivity contribution in [2.75, 3.05) is 18.0 Å². The quantitative estimate of drug-likeness (QED) is 0.832. The van der Waals surface area contributed by atoms with Crippen molar-refractivity contribution < 1.29 is 9.50 Å². The van der Waals surface area contributed by atoms with Crippen molar-refractivity contribution in [2.24, 2.45) is 0 Å². The molecule has 1 aromatic rings. The van der Waals surface area contributed by atoms with Crippen LogP contribution < -0.4 is 10.2 Å². The molecule has 0 bridgehead atoms. The maximum atomic E-state index is 13.9. The van der Waals surface area contributed by atoms with E-state index in [4.69, 9.17) is 11.6 Å². The van der Waals surface area contributed by atoms with Gasteiger partial charge in [-0.25, -0.2) is 4.39 Å². The van der Waals surface area contributed by atoms with Crippen LogP contribution in [-0.4, -0.2) is 34.9 Å². The van der Waals surface area contributed by atoms with E-state index in [1.165, 1.54) is 12.1 Å². The molecule has 2 fully saturated rings. The number of rotatable bonds is 1. The topological polar surface area (TPSA) is 35.5 Å². The lowest BCUT2D eigenvalue weighted by molar-refractivity contribution is 0.473. The van der Waals surface area contributed by atoms with Crippen molar-refractivity contribution in [3.05, 3.63) is 23.0 Å². The highest BCUT2D eigenvalue weighted by molar-refractivity contribution is 8.00. The van der Waals surface area contributed by atoms with Gasteiger partial charge >= 0.3 is 0 Å². The van der Waals surface area contributed by atoms with Crippen molar-refractivity contribution in [1.82, 2.24) is 5.32 Å². The van der Waals surface area contributed by atoms with Crippen LogP contribution in [0.4, 0.5) is 10.1 Å². The van der Waals surface area contributed by atoms with Crippen LogP contribution in [0.5, 0.6) is 5.75 Å². The molecule has 2 aliphatic rings. The van der Waals surface area contributed by atoms with Gasteiger partial charge < -0.3 is 10.0 Å². The van der Waals surface area contributed by atoms with Gasteiger partial charge in [0.05, 0.1) is 16.1 Å². The van der Waals surface area contributed by atoms with E-state index in [-0.39, 0.29) is 16.6 Å². The Morgan fingerprint density at radius 2 is 2.28 bits per heavy atom. The van der Waals surface area contributed by atoms with Gasteiger partial charge in [-0.15, -0.1) is 11.8 Å². The Kier molecular flexibility index (Phi) is 3.08. The lowest BCUT2D eigenvalue weighted by Gasteiger charge is -2.21. The molecular weight excluding hydrogens is 275 g/mol. The minimum atomic E-state index is -0.379. The third kappa shape index (κ3) is 2.04. The van der Waals surface area contributed by atoms with E-state index in [1.807, 2.05) is 16.7 Å². The Morgan fingerprint density at radius 1 is 1.50 bits per heavy atom. The van der Waals surface area contributed by atoms with Gasteiger partial charge in [0.2, 0.25) is 0 Å². The van der Waals surface area contributed by atoms with Gasteiger partial charge in [-0.1, -0.05) is 11.6 Å². The number of nitrogens with one attached hydrogen (secondary N) is 1. The van der Waals surface area contributed by atoms with Crippen LogP contribution in [0.2, 0.25) is 5.02 Å². The Hall–Kier alpha value is -0.650. The summed E-state index contributed by atoms with van der Waals surface area (Å²) in [6, 6.07) is 2.97. The summed E-state index contributed by atoms with van der Waals surface area (Å²) < 4.78 is 13.9. The van der Waals surface area contributed by atoms with E-state index in [1.54, 1.807) is 0 Å². The fraction of sp³-hybridized carbons (Fsp3) is 0.500. The second kappa shape index (κ2) is 4.47. The van der Waals surface area contributed by atoms with Crippen LogP contribution in [0.15, 0.2) is 12.1 Å². The summed E-state index contributed by atoms with van der Waals surface area (Å²) in [5.74, 6) is -0.449. The third-order valence-corrected chi connectivity index (χ3v) is 5.13. The molecule has 0 spiro atoms. The highest BCUT2D eigenvalue weighted by Gasteiger charge is 2.40. The number of halogens is 2. The molecule has 2 heterocycles. The molecule has 18 heavy (non-hydrogen) atoms. The first kappa shape index (κ1) is 12.4. The third-order valence-electron chi connectivity index (χ3n) is 3.45. The Balaban J connectivity index is 1.83. The number of phenols is 1. The Morgan fingerprint density at radius 3 is 3.00 bits per heavy atom. The van der Waals surface area contributed by atoms with Gasteiger partial charge in [0, 0.05) is 30.4 Å². The highest BCUT2D eigenvalue weighted by Crippen LogP contribution is 2.38. The van der Waals surface area contributed by atoms with E-state index in [9.17, 15) is 9.50 Å². The molecule has 3 nitrogen and oxygen atoms in total. The number of fused-ring (bicyclic) bond motifs is 1. The van der Waals surface area contributed by atoms with Gasteiger partial charge in [0.1, 0.15) is 11.6 Å². The molecule has 0 aromatic heterocycles. The van der Waals surface area contributed by atoms with Crippen LogP contribution in [0, 0.1) is 5.82 Å². The molecule has 98 valence electrons. The molecule has 1 aromatic carbocycles. The van der Waals surface area contributed by atoms with E-state index in [0.717, 1.165) is 13.1 Å².